The van der Waals surface area contributed by atoms with Gasteiger partial charge in [0.2, 0.25) is 0 Å². The second-order valence-corrected chi connectivity index (χ2v) is 8.15. The lowest BCUT2D eigenvalue weighted by Crippen LogP contribution is -2.36. The summed E-state index contributed by atoms with van der Waals surface area (Å²) in [7, 11) is -4.37. The number of carbonyl (C=O) groups is 2. The molecule has 2 aromatic rings. The van der Waals surface area contributed by atoms with Crippen LogP contribution < -0.4 is 4.31 Å². The monoisotopic (exact) mass is 450 g/mol. The number of benzene rings is 2. The molecule has 2 rings (SSSR count). The molecule has 0 aliphatic rings. The highest BCUT2D eigenvalue weighted by Gasteiger charge is 2.30. The highest BCUT2D eigenvalue weighted by molar-refractivity contribution is 7.92. The van der Waals surface area contributed by atoms with Crippen LogP contribution in [-0.2, 0) is 24.3 Å². The summed E-state index contributed by atoms with van der Waals surface area (Å²) in [5, 5.41) is 11.2. The van der Waals surface area contributed by atoms with Crippen molar-refractivity contribution in [2.75, 3.05) is 24.1 Å². The van der Waals surface area contributed by atoms with Crippen molar-refractivity contribution in [3.8, 4) is 0 Å². The number of anilines is 1. The van der Waals surface area contributed by atoms with E-state index in [-0.39, 0.29) is 35.0 Å². The van der Waals surface area contributed by atoms with E-state index in [0.717, 1.165) is 10.4 Å². The fraction of sp³-hybridized carbons (Fsp3) is 0.300. The van der Waals surface area contributed by atoms with E-state index in [1.807, 2.05) is 0 Å². The molecule has 166 valence electrons. The molecule has 0 radical (unpaired) electrons. The average molecular weight is 450 g/mol. The van der Waals surface area contributed by atoms with Gasteiger partial charge in [-0.15, -0.1) is 0 Å². The van der Waals surface area contributed by atoms with E-state index in [1.54, 1.807) is 13.8 Å². The predicted molar refractivity (Wildman–Crippen MR) is 111 cm³/mol. The number of hydrogen-bond donors (Lipinski definition) is 0. The number of aryl methyl sites for hydroxylation is 1. The van der Waals surface area contributed by atoms with Crippen LogP contribution in [0.3, 0.4) is 0 Å². The number of esters is 2. The lowest BCUT2D eigenvalue weighted by molar-refractivity contribution is -0.385. The Morgan fingerprint density at radius 2 is 1.65 bits per heavy atom. The number of nitro groups is 1. The SMILES string of the molecule is CCOC(=O)CN(c1ccc(C(=O)OCC)cc1)S(=O)(=O)c1ccc(C)c([N+](=O)[O-])c1. The number of sulfonamides is 1. The zero-order valence-electron chi connectivity index (χ0n) is 17.2. The first kappa shape index (κ1) is 23.8. The smallest absolute Gasteiger partial charge is 0.338 e. The molecule has 0 aromatic heterocycles. The van der Waals surface area contributed by atoms with E-state index in [2.05, 4.69) is 0 Å². The largest absolute Gasteiger partial charge is 0.465 e. The summed E-state index contributed by atoms with van der Waals surface area (Å²) >= 11 is 0. The minimum absolute atomic E-state index is 0.0462. The van der Waals surface area contributed by atoms with Gasteiger partial charge in [0.25, 0.3) is 15.7 Å². The molecule has 10 nitrogen and oxygen atoms in total. The Balaban J connectivity index is 2.53. The summed E-state index contributed by atoms with van der Waals surface area (Å²) in [4.78, 5) is 34.1. The molecule has 11 heteroatoms. The minimum Gasteiger partial charge on any atom is -0.465 e. The van der Waals surface area contributed by atoms with E-state index < -0.39 is 33.4 Å². The summed E-state index contributed by atoms with van der Waals surface area (Å²) in [6.45, 7) is 4.28. The second-order valence-electron chi connectivity index (χ2n) is 6.29. The number of ether oxygens (including phenoxy) is 2. The van der Waals surface area contributed by atoms with E-state index in [4.69, 9.17) is 9.47 Å². The Bertz CT molecular complexity index is 1080. The third-order valence-corrected chi connectivity index (χ3v) is 5.98. The van der Waals surface area contributed by atoms with Crippen molar-refractivity contribution in [3.05, 3.63) is 63.7 Å². The number of rotatable bonds is 9. The van der Waals surface area contributed by atoms with Gasteiger partial charge in [0.1, 0.15) is 6.54 Å². The van der Waals surface area contributed by atoms with E-state index >= 15 is 0 Å². The van der Waals surface area contributed by atoms with Crippen molar-refractivity contribution >= 4 is 33.3 Å². The molecule has 0 aliphatic heterocycles. The third kappa shape index (κ3) is 5.57. The molecule has 2 aromatic carbocycles. The average Bonchev–Trinajstić information content (AvgIpc) is 2.72. The molecule has 31 heavy (non-hydrogen) atoms. The fourth-order valence-electron chi connectivity index (χ4n) is 2.69. The van der Waals surface area contributed by atoms with Crippen molar-refractivity contribution in [1.29, 1.82) is 0 Å². The first-order valence-electron chi connectivity index (χ1n) is 9.32. The highest BCUT2D eigenvalue weighted by Crippen LogP contribution is 2.28. The summed E-state index contributed by atoms with van der Waals surface area (Å²) < 4.78 is 37.1. The quantitative estimate of drug-likeness (QED) is 0.323. The molecule has 0 N–H and O–H groups in total. The van der Waals surface area contributed by atoms with E-state index in [0.29, 0.717) is 5.56 Å². The van der Waals surface area contributed by atoms with Gasteiger partial charge in [0.15, 0.2) is 0 Å². The first-order chi connectivity index (χ1) is 14.6. The Labute approximate surface area is 179 Å². The van der Waals surface area contributed by atoms with Crippen molar-refractivity contribution in [2.24, 2.45) is 0 Å². The predicted octanol–water partition coefficient (Wildman–Crippen LogP) is 2.84. The summed E-state index contributed by atoms with van der Waals surface area (Å²) in [5.41, 5.74) is 0.198. The van der Waals surface area contributed by atoms with Gasteiger partial charge in [-0.2, -0.15) is 0 Å². The van der Waals surface area contributed by atoms with Crippen molar-refractivity contribution in [3.63, 3.8) is 0 Å². The molecule has 0 spiro atoms. The van der Waals surface area contributed by atoms with Crippen LogP contribution in [0.1, 0.15) is 29.8 Å². The third-order valence-electron chi connectivity index (χ3n) is 4.21. The molecule has 0 amide bonds. The van der Waals surface area contributed by atoms with Crippen LogP contribution in [0.2, 0.25) is 0 Å². The van der Waals surface area contributed by atoms with E-state index in [1.165, 1.54) is 43.3 Å². The maximum atomic E-state index is 13.3. The Hall–Kier alpha value is -3.47. The number of hydrogen-bond acceptors (Lipinski definition) is 8. The van der Waals surface area contributed by atoms with Gasteiger partial charge in [-0.25, -0.2) is 13.2 Å². The Morgan fingerprint density at radius 3 is 2.19 bits per heavy atom. The number of carbonyl (C=O) groups excluding carboxylic acids is 2. The first-order valence-corrected chi connectivity index (χ1v) is 10.8. The highest BCUT2D eigenvalue weighted by atomic mass is 32.2. The van der Waals surface area contributed by atoms with E-state index in [9.17, 15) is 28.1 Å². The molecule has 0 bridgehead atoms. The molecule has 0 unspecified atom stereocenters. The molecule has 0 atom stereocenters. The van der Waals surface area contributed by atoms with Gasteiger partial charge in [-0.3, -0.25) is 19.2 Å². The maximum absolute atomic E-state index is 13.3. The van der Waals surface area contributed by atoms with Crippen molar-refractivity contribution in [2.45, 2.75) is 25.7 Å². The minimum atomic E-state index is -4.37. The maximum Gasteiger partial charge on any atom is 0.338 e. The molecular weight excluding hydrogens is 428 g/mol. The van der Waals surface area contributed by atoms with Crippen LogP contribution in [0, 0.1) is 17.0 Å². The van der Waals surface area contributed by atoms with Gasteiger partial charge < -0.3 is 9.47 Å². The zero-order valence-corrected chi connectivity index (χ0v) is 18.0. The molecule has 0 saturated heterocycles. The molecular formula is C20H22N2O8S. The molecule has 0 aliphatic carbocycles. The Kier molecular flexibility index (Phi) is 7.70. The summed E-state index contributed by atoms with van der Waals surface area (Å²) in [5.74, 6) is -1.38. The summed E-state index contributed by atoms with van der Waals surface area (Å²) in [6, 6.07) is 8.88. The van der Waals surface area contributed by atoms with Crippen LogP contribution in [0.25, 0.3) is 0 Å². The van der Waals surface area contributed by atoms with Crippen LogP contribution in [0.4, 0.5) is 11.4 Å². The van der Waals surface area contributed by atoms with Crippen molar-refractivity contribution in [1.82, 2.24) is 0 Å². The van der Waals surface area contributed by atoms with Gasteiger partial charge >= 0.3 is 11.9 Å². The topological polar surface area (TPSA) is 133 Å². The number of nitro benzene ring substituents is 1. The molecule has 0 saturated carbocycles. The molecule has 0 fully saturated rings. The lowest BCUT2D eigenvalue weighted by atomic mass is 10.2. The van der Waals surface area contributed by atoms with Gasteiger partial charge in [-0.05, 0) is 51.1 Å². The lowest BCUT2D eigenvalue weighted by Gasteiger charge is -2.23. The molecule has 0 heterocycles. The van der Waals surface area contributed by atoms with Gasteiger partial charge in [-0.1, -0.05) is 6.07 Å². The van der Waals surface area contributed by atoms with Crippen LogP contribution in [0.5, 0.6) is 0 Å². The van der Waals surface area contributed by atoms with Crippen LogP contribution >= 0.6 is 0 Å². The van der Waals surface area contributed by atoms with Crippen molar-refractivity contribution < 1.29 is 32.4 Å². The fourth-order valence-corrected chi connectivity index (χ4v) is 4.12. The standard InChI is InChI=1S/C20H22N2O8S/c1-4-29-19(23)13-21(16-9-7-15(8-10-16)20(24)30-5-2)31(27,28)17-11-6-14(3)18(12-17)22(25)26/h6-12H,4-5,13H2,1-3H3. The zero-order chi connectivity index (χ0) is 23.2. The van der Waals surface area contributed by atoms with Crippen LogP contribution in [0.15, 0.2) is 47.4 Å². The Morgan fingerprint density at radius 1 is 1.03 bits per heavy atom. The van der Waals surface area contributed by atoms with Crippen LogP contribution in [-0.4, -0.2) is 45.0 Å². The normalized spacial score (nSPS) is 10.9. The van der Waals surface area contributed by atoms with Gasteiger partial charge in [0.05, 0.1) is 34.3 Å². The summed E-state index contributed by atoms with van der Waals surface area (Å²) in [6.07, 6.45) is 0. The number of nitrogens with zero attached hydrogens (tertiary/aromatic N) is 2. The second kappa shape index (κ2) is 10.0. The van der Waals surface area contributed by atoms with Gasteiger partial charge in [0, 0.05) is 11.6 Å².